The van der Waals surface area contributed by atoms with Crippen LogP contribution in [-0.4, -0.2) is 64.1 Å². The van der Waals surface area contributed by atoms with Crippen LogP contribution in [0.2, 0.25) is 0 Å². The first-order valence-corrected chi connectivity index (χ1v) is 11.6. The number of amides is 1. The highest BCUT2D eigenvalue weighted by Gasteiger charge is 2.49. The van der Waals surface area contributed by atoms with Crippen molar-refractivity contribution in [3.8, 4) is 11.1 Å². The number of carbonyl (C=O) groups excluding carboxylic acids is 1. The fraction of sp³-hybridized carbons (Fsp3) is 0.333. The molecule has 2 aromatic carbocycles. The van der Waals surface area contributed by atoms with Crippen LogP contribution in [0.5, 0.6) is 0 Å². The molecular weight excluding hydrogens is 417 g/mol. The van der Waals surface area contributed by atoms with Crippen LogP contribution in [0.3, 0.4) is 0 Å². The van der Waals surface area contributed by atoms with Gasteiger partial charge in [-0.1, -0.05) is 36.4 Å². The number of fused-ring (bicyclic) bond motifs is 1. The number of rotatable bonds is 4. The third-order valence-corrected chi connectivity index (χ3v) is 7.02. The van der Waals surface area contributed by atoms with Crippen LogP contribution in [0.1, 0.15) is 34.7 Å². The predicted octanol–water partition coefficient (Wildman–Crippen LogP) is 3.95. The van der Waals surface area contributed by atoms with Gasteiger partial charge in [0.05, 0.1) is 6.61 Å². The van der Waals surface area contributed by atoms with Crippen LogP contribution >= 0.6 is 0 Å². The van der Waals surface area contributed by atoms with Gasteiger partial charge in [-0.25, -0.2) is 4.39 Å². The smallest absolute Gasteiger partial charge is 0.254 e. The maximum atomic E-state index is 13.7. The van der Waals surface area contributed by atoms with E-state index in [1.807, 2.05) is 23.2 Å². The molecule has 0 aliphatic carbocycles. The van der Waals surface area contributed by atoms with Gasteiger partial charge in [-0.2, -0.15) is 0 Å². The van der Waals surface area contributed by atoms with E-state index in [0.29, 0.717) is 18.7 Å². The van der Waals surface area contributed by atoms with Gasteiger partial charge in [-0.15, -0.1) is 0 Å². The van der Waals surface area contributed by atoms with Crippen molar-refractivity contribution >= 4 is 5.91 Å². The topological polar surface area (TPSA) is 56.7 Å². The zero-order valence-corrected chi connectivity index (χ0v) is 18.5. The Morgan fingerprint density at radius 1 is 1.03 bits per heavy atom. The number of hydrogen-bond donors (Lipinski definition) is 1. The molecule has 0 bridgehead atoms. The number of nitrogens with zero attached hydrogens (tertiary/aromatic N) is 3. The van der Waals surface area contributed by atoms with Crippen LogP contribution in [0.25, 0.3) is 11.1 Å². The van der Waals surface area contributed by atoms with Crippen LogP contribution < -0.4 is 0 Å². The quantitative estimate of drug-likeness (QED) is 0.661. The summed E-state index contributed by atoms with van der Waals surface area (Å²) >= 11 is 0. The van der Waals surface area contributed by atoms with E-state index < -0.39 is 5.82 Å². The summed E-state index contributed by atoms with van der Waals surface area (Å²) in [7, 11) is 0. The monoisotopic (exact) mass is 445 g/mol. The van der Waals surface area contributed by atoms with E-state index in [2.05, 4.69) is 34.1 Å². The number of aromatic nitrogens is 1. The minimum Gasteiger partial charge on any atom is -0.395 e. The van der Waals surface area contributed by atoms with Crippen molar-refractivity contribution < 1.29 is 14.3 Å². The molecule has 2 saturated heterocycles. The van der Waals surface area contributed by atoms with Crippen molar-refractivity contribution in [2.24, 2.45) is 0 Å². The summed E-state index contributed by atoms with van der Waals surface area (Å²) in [5.74, 6) is -0.390. The zero-order chi connectivity index (χ0) is 22.8. The summed E-state index contributed by atoms with van der Waals surface area (Å²) in [5.41, 5.74) is 3.72. The van der Waals surface area contributed by atoms with Gasteiger partial charge >= 0.3 is 0 Å². The molecule has 1 aromatic heterocycles. The Hall–Kier alpha value is -3.09. The molecule has 0 spiro atoms. The fourth-order valence-corrected chi connectivity index (χ4v) is 5.36. The molecule has 5 nitrogen and oxygen atoms in total. The van der Waals surface area contributed by atoms with Crippen LogP contribution in [0.15, 0.2) is 73.1 Å². The van der Waals surface area contributed by atoms with E-state index >= 15 is 0 Å². The van der Waals surface area contributed by atoms with Crippen molar-refractivity contribution in [3.63, 3.8) is 0 Å². The van der Waals surface area contributed by atoms with Crippen molar-refractivity contribution in [2.45, 2.75) is 30.8 Å². The van der Waals surface area contributed by atoms with Gasteiger partial charge in [-0.05, 0) is 60.3 Å². The molecule has 0 saturated carbocycles. The Labute approximate surface area is 193 Å². The summed E-state index contributed by atoms with van der Waals surface area (Å²) in [5, 5.41) is 10.2. The number of aliphatic hydroxyl groups excluding tert-OH is 1. The Kier molecular flexibility index (Phi) is 6.20. The van der Waals surface area contributed by atoms with E-state index in [-0.39, 0.29) is 30.5 Å². The lowest BCUT2D eigenvalue weighted by atomic mass is 9.74. The zero-order valence-electron chi connectivity index (χ0n) is 18.5. The molecule has 2 fully saturated rings. The van der Waals surface area contributed by atoms with Gasteiger partial charge in [0.2, 0.25) is 0 Å². The molecule has 33 heavy (non-hydrogen) atoms. The molecule has 0 unspecified atom stereocenters. The van der Waals surface area contributed by atoms with Crippen molar-refractivity contribution in [3.05, 3.63) is 90.0 Å². The fourth-order valence-electron chi connectivity index (χ4n) is 5.36. The van der Waals surface area contributed by atoms with Gasteiger partial charge in [0.1, 0.15) is 5.82 Å². The maximum Gasteiger partial charge on any atom is 0.254 e. The van der Waals surface area contributed by atoms with E-state index in [1.165, 1.54) is 17.7 Å². The van der Waals surface area contributed by atoms with E-state index in [1.54, 1.807) is 18.3 Å². The number of halogens is 1. The Morgan fingerprint density at radius 2 is 1.85 bits per heavy atom. The van der Waals surface area contributed by atoms with E-state index in [0.717, 1.165) is 30.5 Å². The van der Waals surface area contributed by atoms with Crippen LogP contribution in [0.4, 0.5) is 4.39 Å². The first kappa shape index (κ1) is 21.7. The number of benzene rings is 2. The summed E-state index contributed by atoms with van der Waals surface area (Å²) in [6, 6.07) is 18.5. The number of pyridine rings is 1. The first-order valence-electron chi connectivity index (χ1n) is 11.6. The number of hydrogen-bond acceptors (Lipinski definition) is 4. The molecule has 170 valence electrons. The Morgan fingerprint density at radius 3 is 2.58 bits per heavy atom. The van der Waals surface area contributed by atoms with Crippen molar-refractivity contribution in [2.75, 3.05) is 26.2 Å². The van der Waals surface area contributed by atoms with E-state index in [9.17, 15) is 14.3 Å². The highest BCUT2D eigenvalue weighted by Crippen LogP contribution is 2.42. The number of carbonyl (C=O) groups is 1. The lowest BCUT2D eigenvalue weighted by molar-refractivity contribution is -0.0606. The molecule has 1 amide bonds. The molecule has 0 radical (unpaired) electrons. The Balaban J connectivity index is 1.39. The molecule has 3 atom stereocenters. The molecule has 3 aromatic rings. The molecule has 5 rings (SSSR count). The summed E-state index contributed by atoms with van der Waals surface area (Å²) < 4.78 is 13.7. The SMILES string of the molecule is O=C(c1cccc(F)c1)N1CCCCN2[C@@H](CO)[C@H](c3ccc(-c4cccnc4)cc3)[C@@H]2C1. The largest absolute Gasteiger partial charge is 0.395 e. The second-order valence-corrected chi connectivity index (χ2v) is 8.91. The second-order valence-electron chi connectivity index (χ2n) is 8.91. The normalized spacial score (nSPS) is 23.2. The lowest BCUT2D eigenvalue weighted by Gasteiger charge is -2.57. The second kappa shape index (κ2) is 9.41. The summed E-state index contributed by atoms with van der Waals surface area (Å²) in [4.78, 5) is 21.6. The third kappa shape index (κ3) is 4.28. The minimum absolute atomic E-state index is 0.0449. The molecule has 3 heterocycles. The van der Waals surface area contributed by atoms with Crippen molar-refractivity contribution in [1.82, 2.24) is 14.8 Å². The van der Waals surface area contributed by atoms with Crippen LogP contribution in [0, 0.1) is 5.82 Å². The predicted molar refractivity (Wildman–Crippen MR) is 125 cm³/mol. The lowest BCUT2D eigenvalue weighted by Crippen LogP contribution is -2.67. The number of aliphatic hydroxyl groups is 1. The van der Waals surface area contributed by atoms with Crippen molar-refractivity contribution in [1.29, 1.82) is 0 Å². The molecule has 1 N–H and O–H groups in total. The highest BCUT2D eigenvalue weighted by molar-refractivity contribution is 5.94. The maximum absolute atomic E-state index is 13.7. The molecular formula is C27H28FN3O2. The van der Waals surface area contributed by atoms with Gasteiger partial charge in [0, 0.05) is 49.0 Å². The van der Waals surface area contributed by atoms with Gasteiger partial charge in [-0.3, -0.25) is 14.7 Å². The average molecular weight is 446 g/mol. The summed E-state index contributed by atoms with van der Waals surface area (Å²) in [6.45, 7) is 2.24. The van der Waals surface area contributed by atoms with Gasteiger partial charge in [0.25, 0.3) is 5.91 Å². The molecule has 2 aliphatic heterocycles. The minimum atomic E-state index is -0.398. The third-order valence-electron chi connectivity index (χ3n) is 7.02. The molecule has 2 aliphatic rings. The average Bonchev–Trinajstić information content (AvgIpc) is 2.83. The molecule has 6 heteroatoms. The van der Waals surface area contributed by atoms with Crippen LogP contribution in [-0.2, 0) is 0 Å². The van der Waals surface area contributed by atoms with Gasteiger partial charge < -0.3 is 10.0 Å². The highest BCUT2D eigenvalue weighted by atomic mass is 19.1. The standard InChI is InChI=1S/C27H28FN3O2/c28-23-7-3-5-21(15-23)27(33)30-13-1-2-14-31-24(17-30)26(25(31)18-32)20-10-8-19(9-11-20)22-6-4-12-29-16-22/h3-12,15-16,24-26,32H,1-2,13-14,17-18H2/t24-,25-,26+/m0/s1. The summed E-state index contributed by atoms with van der Waals surface area (Å²) in [6.07, 6.45) is 5.47. The van der Waals surface area contributed by atoms with Gasteiger partial charge in [0.15, 0.2) is 0 Å². The van der Waals surface area contributed by atoms with E-state index in [4.69, 9.17) is 0 Å². The first-order chi connectivity index (χ1) is 16.2. The Bertz CT molecular complexity index is 1110.